The van der Waals surface area contributed by atoms with E-state index in [0.29, 0.717) is 6.54 Å². The molecule has 1 aromatic carbocycles. The molecule has 0 spiro atoms. The molecule has 0 atom stereocenters. The van der Waals surface area contributed by atoms with Crippen molar-refractivity contribution in [1.82, 2.24) is 5.32 Å². The predicted octanol–water partition coefficient (Wildman–Crippen LogP) is 1.39. The van der Waals surface area contributed by atoms with Crippen LogP contribution in [-0.2, 0) is 25.6 Å². The van der Waals surface area contributed by atoms with Gasteiger partial charge in [0.25, 0.3) is 5.79 Å². The standard InChI is InChI=1S/C15H14N2O4/c1-15(2)20-13(18)12(14(19)21-15)11(8-16)17-9-10-6-4-3-5-7-10/h3-7,17H,9H2,1-2H3. The van der Waals surface area contributed by atoms with Crippen molar-refractivity contribution in [2.45, 2.75) is 26.2 Å². The number of ether oxygens (including phenoxy) is 2. The third kappa shape index (κ3) is 3.39. The Balaban J connectivity index is 2.21. The zero-order chi connectivity index (χ0) is 15.5. The van der Waals surface area contributed by atoms with Gasteiger partial charge in [-0.3, -0.25) is 0 Å². The maximum atomic E-state index is 11.9. The molecule has 1 fully saturated rings. The van der Waals surface area contributed by atoms with E-state index in [2.05, 4.69) is 5.32 Å². The highest BCUT2D eigenvalue weighted by Gasteiger charge is 2.41. The van der Waals surface area contributed by atoms with Crippen molar-refractivity contribution in [3.8, 4) is 6.07 Å². The highest BCUT2D eigenvalue weighted by atomic mass is 16.7. The highest BCUT2D eigenvalue weighted by molar-refractivity contribution is 6.16. The van der Waals surface area contributed by atoms with Crippen LogP contribution in [0, 0.1) is 11.3 Å². The summed E-state index contributed by atoms with van der Waals surface area (Å²) in [4.78, 5) is 23.7. The number of rotatable bonds is 3. The van der Waals surface area contributed by atoms with Gasteiger partial charge in [0.2, 0.25) is 0 Å². The van der Waals surface area contributed by atoms with Gasteiger partial charge < -0.3 is 14.8 Å². The van der Waals surface area contributed by atoms with Gasteiger partial charge in [0.15, 0.2) is 5.57 Å². The van der Waals surface area contributed by atoms with Crippen molar-refractivity contribution in [1.29, 1.82) is 5.26 Å². The van der Waals surface area contributed by atoms with E-state index in [1.165, 1.54) is 13.8 Å². The summed E-state index contributed by atoms with van der Waals surface area (Å²) in [5.41, 5.74) is 0.334. The summed E-state index contributed by atoms with van der Waals surface area (Å²) >= 11 is 0. The van der Waals surface area contributed by atoms with Crippen LogP contribution in [0.15, 0.2) is 41.6 Å². The fourth-order valence-electron chi connectivity index (χ4n) is 1.83. The van der Waals surface area contributed by atoms with Crippen LogP contribution < -0.4 is 5.32 Å². The molecule has 6 nitrogen and oxygen atoms in total. The van der Waals surface area contributed by atoms with E-state index in [0.717, 1.165) is 5.56 Å². The molecule has 0 bridgehead atoms. The summed E-state index contributed by atoms with van der Waals surface area (Å²) in [6.45, 7) is 3.20. The smallest absolute Gasteiger partial charge is 0.351 e. The first-order valence-electron chi connectivity index (χ1n) is 6.32. The maximum Gasteiger partial charge on any atom is 0.351 e. The molecule has 0 aliphatic carbocycles. The second-order valence-electron chi connectivity index (χ2n) is 4.88. The van der Waals surface area contributed by atoms with Gasteiger partial charge >= 0.3 is 11.9 Å². The van der Waals surface area contributed by atoms with Gasteiger partial charge in [-0.1, -0.05) is 30.3 Å². The van der Waals surface area contributed by atoms with Crippen molar-refractivity contribution < 1.29 is 19.1 Å². The Morgan fingerprint density at radius 3 is 2.29 bits per heavy atom. The molecule has 108 valence electrons. The minimum atomic E-state index is -1.32. The lowest BCUT2D eigenvalue weighted by Crippen LogP contribution is -2.43. The third-order valence-electron chi connectivity index (χ3n) is 2.76. The minimum absolute atomic E-state index is 0.163. The van der Waals surface area contributed by atoms with Crippen LogP contribution in [0.4, 0.5) is 0 Å². The molecule has 6 heteroatoms. The molecule has 1 aromatic rings. The number of carbonyl (C=O) groups is 2. The number of hydrogen-bond donors (Lipinski definition) is 1. The van der Waals surface area contributed by atoms with Gasteiger partial charge in [0.1, 0.15) is 11.8 Å². The normalized spacial score (nSPS) is 16.5. The van der Waals surface area contributed by atoms with Crippen LogP contribution in [0.2, 0.25) is 0 Å². The summed E-state index contributed by atoms with van der Waals surface area (Å²) in [6, 6.07) is 11.1. The Hall–Kier alpha value is -2.81. The summed E-state index contributed by atoms with van der Waals surface area (Å²) in [5, 5.41) is 11.9. The molecule has 0 amide bonds. The molecular formula is C15H14N2O4. The molecule has 1 saturated heterocycles. The molecule has 0 saturated carbocycles. The van der Waals surface area contributed by atoms with E-state index in [1.54, 1.807) is 6.07 Å². The number of hydrogen-bond acceptors (Lipinski definition) is 6. The molecule has 2 rings (SSSR count). The summed E-state index contributed by atoms with van der Waals surface area (Å²) < 4.78 is 9.92. The lowest BCUT2D eigenvalue weighted by Gasteiger charge is -2.30. The van der Waals surface area contributed by atoms with Crippen molar-refractivity contribution in [2.75, 3.05) is 0 Å². The van der Waals surface area contributed by atoms with E-state index >= 15 is 0 Å². The molecular weight excluding hydrogens is 272 g/mol. The van der Waals surface area contributed by atoms with Gasteiger partial charge in [0.05, 0.1) is 0 Å². The molecule has 1 aliphatic heterocycles. The number of nitrogens with zero attached hydrogens (tertiary/aromatic N) is 1. The highest BCUT2D eigenvalue weighted by Crippen LogP contribution is 2.24. The molecule has 0 radical (unpaired) electrons. The van der Waals surface area contributed by atoms with E-state index in [-0.39, 0.29) is 5.70 Å². The van der Waals surface area contributed by atoms with Crippen molar-refractivity contribution in [3.63, 3.8) is 0 Å². The van der Waals surface area contributed by atoms with E-state index < -0.39 is 23.3 Å². The van der Waals surface area contributed by atoms with Gasteiger partial charge in [-0.15, -0.1) is 0 Å². The average Bonchev–Trinajstić information content (AvgIpc) is 2.41. The van der Waals surface area contributed by atoms with Crippen LogP contribution in [0.25, 0.3) is 0 Å². The topological polar surface area (TPSA) is 88.4 Å². The number of nitriles is 1. The zero-order valence-electron chi connectivity index (χ0n) is 11.7. The predicted molar refractivity (Wildman–Crippen MR) is 72.2 cm³/mol. The number of esters is 2. The van der Waals surface area contributed by atoms with Gasteiger partial charge in [-0.05, 0) is 5.56 Å². The van der Waals surface area contributed by atoms with Gasteiger partial charge in [-0.25, -0.2) is 9.59 Å². The largest absolute Gasteiger partial charge is 0.419 e. The van der Waals surface area contributed by atoms with E-state index in [4.69, 9.17) is 14.7 Å². The number of allylic oxidation sites excluding steroid dienone is 1. The third-order valence-corrected chi connectivity index (χ3v) is 2.76. The fourth-order valence-corrected chi connectivity index (χ4v) is 1.83. The Morgan fingerprint density at radius 2 is 1.76 bits per heavy atom. The Bertz CT molecular complexity index is 619. The molecule has 1 aliphatic rings. The first kappa shape index (κ1) is 14.6. The lowest BCUT2D eigenvalue weighted by atomic mass is 10.1. The second-order valence-corrected chi connectivity index (χ2v) is 4.88. The lowest BCUT2D eigenvalue weighted by molar-refractivity contribution is -0.222. The number of carbonyl (C=O) groups excluding carboxylic acids is 2. The molecule has 1 N–H and O–H groups in total. The van der Waals surface area contributed by atoms with Crippen LogP contribution >= 0.6 is 0 Å². The zero-order valence-corrected chi connectivity index (χ0v) is 11.7. The summed E-state index contributed by atoms with van der Waals surface area (Å²) in [6.07, 6.45) is 0. The van der Waals surface area contributed by atoms with E-state index in [9.17, 15) is 9.59 Å². The molecule has 0 aromatic heterocycles. The van der Waals surface area contributed by atoms with Crippen LogP contribution in [-0.4, -0.2) is 17.7 Å². The first-order chi connectivity index (χ1) is 9.93. The molecule has 0 unspecified atom stereocenters. The Morgan fingerprint density at radius 1 is 1.19 bits per heavy atom. The first-order valence-corrected chi connectivity index (χ1v) is 6.32. The minimum Gasteiger partial charge on any atom is -0.419 e. The van der Waals surface area contributed by atoms with Crippen LogP contribution in [0.5, 0.6) is 0 Å². The van der Waals surface area contributed by atoms with E-state index in [1.807, 2.05) is 30.3 Å². The number of cyclic esters (lactones) is 2. The molecule has 1 heterocycles. The fraction of sp³-hybridized carbons (Fsp3) is 0.267. The van der Waals surface area contributed by atoms with Crippen LogP contribution in [0.3, 0.4) is 0 Å². The Labute approximate surface area is 122 Å². The van der Waals surface area contributed by atoms with Gasteiger partial charge in [-0.2, -0.15) is 5.26 Å². The average molecular weight is 286 g/mol. The monoisotopic (exact) mass is 286 g/mol. The summed E-state index contributed by atoms with van der Waals surface area (Å²) in [5.74, 6) is -3.06. The molecule has 21 heavy (non-hydrogen) atoms. The van der Waals surface area contributed by atoms with Crippen LogP contribution in [0.1, 0.15) is 19.4 Å². The summed E-state index contributed by atoms with van der Waals surface area (Å²) in [7, 11) is 0. The maximum absolute atomic E-state index is 11.9. The Kier molecular flexibility index (Phi) is 3.94. The van der Waals surface area contributed by atoms with Crippen molar-refractivity contribution in [3.05, 3.63) is 47.2 Å². The van der Waals surface area contributed by atoms with Crippen molar-refractivity contribution >= 4 is 11.9 Å². The second kappa shape index (κ2) is 5.67. The number of nitrogens with one attached hydrogen (secondary N) is 1. The van der Waals surface area contributed by atoms with Crippen molar-refractivity contribution in [2.24, 2.45) is 0 Å². The van der Waals surface area contributed by atoms with Gasteiger partial charge in [0, 0.05) is 20.4 Å². The SMILES string of the molecule is CC1(C)OC(=O)C(=C(C#N)NCc2ccccc2)C(=O)O1. The quantitative estimate of drug-likeness (QED) is 0.391. The number of benzene rings is 1.